The molecule has 2 N–H and O–H groups in total. The molecule has 0 aliphatic carbocycles. The fourth-order valence-electron chi connectivity index (χ4n) is 1.71. The molecule has 0 aliphatic rings. The molecular weight excluding hydrogens is 344 g/mol. The van der Waals surface area contributed by atoms with Crippen molar-refractivity contribution in [1.29, 1.82) is 0 Å². The number of unbranched alkanes of at least 4 members (excludes halogenated alkanes) is 1. The highest BCUT2D eigenvalue weighted by Crippen LogP contribution is 2.36. The summed E-state index contributed by atoms with van der Waals surface area (Å²) < 4.78 is 14.6. The van der Waals surface area contributed by atoms with Crippen LogP contribution in [-0.2, 0) is 19.1 Å². The van der Waals surface area contributed by atoms with Crippen LogP contribution in [0.1, 0.15) is 43.5 Å². The number of phenolic OH excluding ortho intramolecular Hbond substituents is 2. The maximum absolute atomic E-state index is 11.8. The summed E-state index contributed by atoms with van der Waals surface area (Å²) >= 11 is 0. The number of benzene rings is 1. The van der Waals surface area contributed by atoms with Gasteiger partial charge < -0.3 is 24.4 Å². The van der Waals surface area contributed by atoms with Gasteiger partial charge >= 0.3 is 17.9 Å². The van der Waals surface area contributed by atoms with Crippen molar-refractivity contribution < 1.29 is 38.8 Å². The molecule has 0 spiro atoms. The zero-order valence-corrected chi connectivity index (χ0v) is 14.7. The molecule has 0 saturated heterocycles. The van der Waals surface area contributed by atoms with Crippen LogP contribution in [-0.4, -0.2) is 41.3 Å². The van der Waals surface area contributed by atoms with Crippen molar-refractivity contribution in [3.05, 3.63) is 29.8 Å². The zero-order chi connectivity index (χ0) is 19.5. The first-order chi connectivity index (χ1) is 12.4. The van der Waals surface area contributed by atoms with Gasteiger partial charge in [0, 0.05) is 12.2 Å². The van der Waals surface area contributed by atoms with Crippen molar-refractivity contribution in [3.63, 3.8) is 0 Å². The summed E-state index contributed by atoms with van der Waals surface area (Å²) in [6.45, 7) is 4.17. The molecule has 1 aromatic carbocycles. The number of hydrogen-bond donors (Lipinski definition) is 2. The van der Waals surface area contributed by atoms with Crippen molar-refractivity contribution in [3.8, 4) is 17.2 Å². The van der Waals surface area contributed by atoms with Crippen LogP contribution in [0, 0.1) is 0 Å². The molecule has 0 amide bonds. The number of esters is 3. The highest BCUT2D eigenvalue weighted by Gasteiger charge is 2.17. The third-order valence-corrected chi connectivity index (χ3v) is 3.04. The van der Waals surface area contributed by atoms with Gasteiger partial charge in [-0.1, -0.05) is 20.3 Å². The summed E-state index contributed by atoms with van der Waals surface area (Å²) in [5.41, 5.74) is -0.0977. The smallest absolute Gasteiger partial charge is 0.338 e. The molecule has 0 heterocycles. The molecule has 1 rings (SSSR count). The van der Waals surface area contributed by atoms with Crippen molar-refractivity contribution in [2.75, 3.05) is 13.2 Å². The number of ether oxygens (including phenoxy) is 3. The highest BCUT2D eigenvalue weighted by molar-refractivity contribution is 5.94. The average Bonchev–Trinajstić information content (AvgIpc) is 2.61. The summed E-state index contributed by atoms with van der Waals surface area (Å²) in [6, 6.07) is 2.05. The van der Waals surface area contributed by atoms with Crippen LogP contribution in [0.3, 0.4) is 0 Å². The molecule has 0 saturated carbocycles. The lowest BCUT2D eigenvalue weighted by atomic mass is 10.2. The van der Waals surface area contributed by atoms with Crippen LogP contribution in [0.15, 0.2) is 24.3 Å². The summed E-state index contributed by atoms with van der Waals surface area (Å²) in [7, 11) is 0. The van der Waals surface area contributed by atoms with E-state index in [0.29, 0.717) is 12.8 Å². The largest absolute Gasteiger partial charge is 0.504 e. The predicted molar refractivity (Wildman–Crippen MR) is 91.0 cm³/mol. The molecule has 0 unspecified atom stereocenters. The van der Waals surface area contributed by atoms with Crippen LogP contribution in [0.4, 0.5) is 0 Å². The minimum Gasteiger partial charge on any atom is -0.504 e. The van der Waals surface area contributed by atoms with Crippen LogP contribution in [0.2, 0.25) is 0 Å². The molecule has 142 valence electrons. The van der Waals surface area contributed by atoms with Crippen LogP contribution in [0.25, 0.3) is 0 Å². The number of carbonyl (C=O) groups is 3. The van der Waals surface area contributed by atoms with Gasteiger partial charge in [-0.2, -0.15) is 0 Å². The molecule has 0 aromatic heterocycles. The van der Waals surface area contributed by atoms with Crippen LogP contribution in [0.5, 0.6) is 17.2 Å². The van der Waals surface area contributed by atoms with E-state index in [9.17, 15) is 24.6 Å². The van der Waals surface area contributed by atoms with Crippen LogP contribution >= 0.6 is 0 Å². The highest BCUT2D eigenvalue weighted by atomic mass is 16.5. The molecule has 0 atom stereocenters. The van der Waals surface area contributed by atoms with E-state index in [-0.39, 0.29) is 18.8 Å². The van der Waals surface area contributed by atoms with E-state index in [2.05, 4.69) is 0 Å². The molecule has 0 radical (unpaired) electrons. The van der Waals surface area contributed by atoms with Gasteiger partial charge in [0.15, 0.2) is 11.5 Å². The Morgan fingerprint density at radius 1 is 0.962 bits per heavy atom. The first-order valence-electron chi connectivity index (χ1n) is 8.18. The Hall–Kier alpha value is -3.03. The zero-order valence-electron chi connectivity index (χ0n) is 14.7. The van der Waals surface area contributed by atoms with E-state index in [1.54, 1.807) is 0 Å². The second-order valence-corrected chi connectivity index (χ2v) is 5.25. The van der Waals surface area contributed by atoms with E-state index < -0.39 is 35.2 Å². The van der Waals surface area contributed by atoms with E-state index in [1.807, 2.05) is 13.8 Å². The lowest BCUT2D eigenvalue weighted by Crippen LogP contribution is -2.09. The predicted octanol–water partition coefficient (Wildman–Crippen LogP) is 2.47. The summed E-state index contributed by atoms with van der Waals surface area (Å²) in [5.74, 6) is -4.26. The van der Waals surface area contributed by atoms with E-state index in [1.165, 1.54) is 0 Å². The fourth-order valence-corrected chi connectivity index (χ4v) is 1.71. The number of hydrogen-bond acceptors (Lipinski definition) is 8. The molecule has 26 heavy (non-hydrogen) atoms. The number of aromatic hydroxyl groups is 2. The topological polar surface area (TPSA) is 119 Å². The Labute approximate surface area is 151 Å². The monoisotopic (exact) mass is 366 g/mol. The van der Waals surface area contributed by atoms with E-state index in [4.69, 9.17) is 14.2 Å². The Morgan fingerprint density at radius 3 is 2.31 bits per heavy atom. The average molecular weight is 366 g/mol. The Kier molecular flexibility index (Phi) is 8.69. The fraction of sp³-hybridized carbons (Fsp3) is 0.389. The molecule has 1 aromatic rings. The number of rotatable bonds is 9. The second kappa shape index (κ2) is 10.8. The standard InChI is InChI=1S/C18H22O8/c1-3-5-9-24-15(20)6-7-16(21)26-14-11-12(10-13(19)17(14)22)18(23)25-8-4-2/h6-7,10-11,19,22H,3-5,8-9H2,1-2H3/b7-6+. The second-order valence-electron chi connectivity index (χ2n) is 5.25. The minimum absolute atomic E-state index is 0.0977. The van der Waals surface area contributed by atoms with Gasteiger partial charge in [0.2, 0.25) is 5.75 Å². The van der Waals surface area contributed by atoms with Gasteiger partial charge in [-0.25, -0.2) is 14.4 Å². The summed E-state index contributed by atoms with van der Waals surface area (Å²) in [6.07, 6.45) is 3.87. The molecule has 0 bridgehead atoms. The normalized spacial score (nSPS) is 10.5. The van der Waals surface area contributed by atoms with Gasteiger partial charge in [0.25, 0.3) is 0 Å². The lowest BCUT2D eigenvalue weighted by Gasteiger charge is -2.09. The van der Waals surface area contributed by atoms with Gasteiger partial charge in [0.1, 0.15) is 0 Å². The molecule has 8 heteroatoms. The maximum atomic E-state index is 11.8. The number of phenols is 2. The van der Waals surface area contributed by atoms with Gasteiger partial charge in [0.05, 0.1) is 18.8 Å². The van der Waals surface area contributed by atoms with Crippen molar-refractivity contribution >= 4 is 17.9 Å². The first-order valence-corrected chi connectivity index (χ1v) is 8.18. The summed E-state index contributed by atoms with van der Waals surface area (Å²) in [4.78, 5) is 34.9. The Bertz CT molecular complexity index is 678. The molecule has 8 nitrogen and oxygen atoms in total. The maximum Gasteiger partial charge on any atom is 0.338 e. The molecule has 0 fully saturated rings. The van der Waals surface area contributed by atoms with Crippen LogP contribution < -0.4 is 4.74 Å². The van der Waals surface area contributed by atoms with Crippen molar-refractivity contribution in [2.45, 2.75) is 33.1 Å². The van der Waals surface area contributed by atoms with Crippen molar-refractivity contribution in [1.82, 2.24) is 0 Å². The Balaban J connectivity index is 2.78. The SMILES string of the molecule is CCCCOC(=O)/C=C/C(=O)Oc1cc(C(=O)OCCC)cc(O)c1O. The van der Waals surface area contributed by atoms with Gasteiger partial charge in [-0.3, -0.25) is 0 Å². The quantitative estimate of drug-likeness (QED) is 0.225. The van der Waals surface area contributed by atoms with E-state index >= 15 is 0 Å². The van der Waals surface area contributed by atoms with Gasteiger partial charge in [-0.05, 0) is 25.0 Å². The minimum atomic E-state index is -0.994. The lowest BCUT2D eigenvalue weighted by molar-refractivity contribution is -0.138. The third kappa shape index (κ3) is 6.84. The van der Waals surface area contributed by atoms with Crippen molar-refractivity contribution in [2.24, 2.45) is 0 Å². The number of carbonyl (C=O) groups excluding carboxylic acids is 3. The first kappa shape index (κ1) is 21.0. The Morgan fingerprint density at radius 2 is 1.65 bits per heavy atom. The third-order valence-electron chi connectivity index (χ3n) is 3.04. The van der Waals surface area contributed by atoms with Gasteiger partial charge in [-0.15, -0.1) is 0 Å². The summed E-state index contributed by atoms with van der Waals surface area (Å²) in [5, 5.41) is 19.4. The molecular formula is C18H22O8. The molecule has 0 aliphatic heterocycles. The van der Waals surface area contributed by atoms with E-state index in [0.717, 1.165) is 30.7 Å².